The zero-order valence-electron chi connectivity index (χ0n) is 15.5. The lowest BCUT2D eigenvalue weighted by Gasteiger charge is -2.35. The summed E-state index contributed by atoms with van der Waals surface area (Å²) >= 11 is 0. The molecule has 4 rings (SSSR count). The summed E-state index contributed by atoms with van der Waals surface area (Å²) in [6, 6.07) is 9.53. The lowest BCUT2D eigenvalue weighted by atomic mass is 10.2. The minimum Gasteiger partial charge on any atom is -0.367 e. The van der Waals surface area contributed by atoms with Crippen molar-refractivity contribution in [1.29, 1.82) is 0 Å². The molecule has 0 atom stereocenters. The number of aryl methyl sites for hydroxylation is 2. The molecule has 2 aromatic heterocycles. The minimum absolute atomic E-state index is 0.0861. The van der Waals surface area contributed by atoms with Crippen molar-refractivity contribution in [3.63, 3.8) is 0 Å². The number of rotatable bonds is 2. The van der Waals surface area contributed by atoms with E-state index in [1.54, 1.807) is 6.20 Å². The number of aromatic nitrogens is 3. The Morgan fingerprint density at radius 3 is 2.44 bits per heavy atom. The summed E-state index contributed by atoms with van der Waals surface area (Å²) in [7, 11) is 0. The molecular weight excluding hydrogens is 340 g/mol. The van der Waals surface area contributed by atoms with E-state index in [1.807, 2.05) is 55.3 Å². The third-order valence-corrected chi connectivity index (χ3v) is 4.90. The molecule has 7 heteroatoms. The van der Waals surface area contributed by atoms with E-state index in [9.17, 15) is 4.79 Å². The number of nitrogens with one attached hydrogen (secondary N) is 1. The summed E-state index contributed by atoms with van der Waals surface area (Å²) in [4.78, 5) is 29.9. The second-order valence-electron chi connectivity index (χ2n) is 6.71. The van der Waals surface area contributed by atoms with Gasteiger partial charge < -0.3 is 15.1 Å². The van der Waals surface area contributed by atoms with Gasteiger partial charge in [-0.15, -0.1) is 0 Å². The number of amides is 2. The molecule has 0 bridgehead atoms. The van der Waals surface area contributed by atoms with Gasteiger partial charge in [-0.25, -0.2) is 14.8 Å². The van der Waals surface area contributed by atoms with E-state index in [2.05, 4.69) is 25.2 Å². The van der Waals surface area contributed by atoms with Crippen molar-refractivity contribution in [2.24, 2.45) is 0 Å². The fourth-order valence-electron chi connectivity index (χ4n) is 3.22. The predicted molar refractivity (Wildman–Crippen MR) is 106 cm³/mol. The van der Waals surface area contributed by atoms with E-state index in [0.717, 1.165) is 46.9 Å². The van der Waals surface area contributed by atoms with Gasteiger partial charge in [0.15, 0.2) is 0 Å². The van der Waals surface area contributed by atoms with Gasteiger partial charge in [0, 0.05) is 38.1 Å². The van der Waals surface area contributed by atoms with Crippen molar-refractivity contribution in [3.05, 3.63) is 54.1 Å². The smallest absolute Gasteiger partial charge is 0.321 e. The third-order valence-electron chi connectivity index (χ3n) is 4.90. The number of anilines is 2. The van der Waals surface area contributed by atoms with E-state index < -0.39 is 0 Å². The summed E-state index contributed by atoms with van der Waals surface area (Å²) in [5.41, 5.74) is 5.28. The molecule has 3 aromatic rings. The van der Waals surface area contributed by atoms with Gasteiger partial charge in [-0.1, -0.05) is 0 Å². The second-order valence-corrected chi connectivity index (χ2v) is 6.71. The maximum absolute atomic E-state index is 12.6. The highest BCUT2D eigenvalue weighted by Crippen LogP contribution is 2.19. The molecule has 1 aliphatic rings. The van der Waals surface area contributed by atoms with Crippen LogP contribution in [0.25, 0.3) is 11.0 Å². The molecule has 0 spiro atoms. The van der Waals surface area contributed by atoms with E-state index in [-0.39, 0.29) is 6.03 Å². The molecule has 138 valence electrons. The van der Waals surface area contributed by atoms with Crippen LogP contribution in [0.5, 0.6) is 0 Å². The molecule has 7 nitrogen and oxygen atoms in total. The molecule has 0 aliphatic carbocycles. The highest BCUT2D eigenvalue weighted by molar-refractivity contribution is 5.92. The number of pyridine rings is 1. The van der Waals surface area contributed by atoms with Crippen molar-refractivity contribution in [1.82, 2.24) is 19.9 Å². The van der Waals surface area contributed by atoms with Crippen molar-refractivity contribution in [2.75, 3.05) is 36.4 Å². The zero-order chi connectivity index (χ0) is 18.8. The standard InChI is InChI=1S/C20H22N6O/c1-14-15(2)23-19-12-16(5-6-18(19)22-14)24-20(27)26-10-8-25(9-11-26)17-4-3-7-21-13-17/h3-7,12-13H,8-11H2,1-2H3,(H,24,27). The number of urea groups is 1. The fraction of sp³-hybridized carbons (Fsp3) is 0.300. The molecule has 3 heterocycles. The van der Waals surface area contributed by atoms with Crippen LogP contribution in [0.1, 0.15) is 11.4 Å². The largest absolute Gasteiger partial charge is 0.367 e. The van der Waals surface area contributed by atoms with Crippen LogP contribution in [0.3, 0.4) is 0 Å². The monoisotopic (exact) mass is 362 g/mol. The summed E-state index contributed by atoms with van der Waals surface area (Å²) in [5.74, 6) is 0. The van der Waals surface area contributed by atoms with Gasteiger partial charge in [0.1, 0.15) is 0 Å². The Balaban J connectivity index is 1.41. The number of hydrogen-bond acceptors (Lipinski definition) is 5. The van der Waals surface area contributed by atoms with E-state index >= 15 is 0 Å². The Morgan fingerprint density at radius 1 is 1.00 bits per heavy atom. The molecule has 1 fully saturated rings. The lowest BCUT2D eigenvalue weighted by molar-refractivity contribution is 0.208. The molecule has 0 saturated carbocycles. The average Bonchev–Trinajstić information content (AvgIpc) is 2.70. The van der Waals surface area contributed by atoms with E-state index in [1.165, 1.54) is 0 Å². The van der Waals surface area contributed by atoms with Crippen LogP contribution in [0.4, 0.5) is 16.2 Å². The molecular formula is C20H22N6O. The first kappa shape index (κ1) is 17.2. The van der Waals surface area contributed by atoms with Crippen LogP contribution in [0.2, 0.25) is 0 Å². The zero-order valence-corrected chi connectivity index (χ0v) is 15.5. The van der Waals surface area contributed by atoms with Gasteiger partial charge in [-0.3, -0.25) is 4.98 Å². The number of hydrogen-bond donors (Lipinski definition) is 1. The van der Waals surface area contributed by atoms with Crippen LogP contribution in [0.15, 0.2) is 42.7 Å². The van der Waals surface area contributed by atoms with Gasteiger partial charge in [0.05, 0.1) is 34.3 Å². The fourth-order valence-corrected chi connectivity index (χ4v) is 3.22. The topological polar surface area (TPSA) is 74.2 Å². The molecule has 1 saturated heterocycles. The number of fused-ring (bicyclic) bond motifs is 1. The quantitative estimate of drug-likeness (QED) is 0.759. The average molecular weight is 362 g/mol. The lowest BCUT2D eigenvalue weighted by Crippen LogP contribution is -2.50. The summed E-state index contributed by atoms with van der Waals surface area (Å²) in [6.07, 6.45) is 3.62. The predicted octanol–water partition coefficient (Wildman–Crippen LogP) is 3.00. The Morgan fingerprint density at radius 2 is 1.74 bits per heavy atom. The molecule has 1 aliphatic heterocycles. The van der Waals surface area contributed by atoms with E-state index in [0.29, 0.717) is 13.1 Å². The Bertz CT molecular complexity index is 967. The summed E-state index contributed by atoms with van der Waals surface area (Å²) in [6.45, 7) is 6.82. The maximum Gasteiger partial charge on any atom is 0.321 e. The van der Waals surface area contributed by atoms with Crippen LogP contribution < -0.4 is 10.2 Å². The normalized spacial score (nSPS) is 14.4. The van der Waals surface area contributed by atoms with E-state index in [4.69, 9.17) is 0 Å². The summed E-state index contributed by atoms with van der Waals surface area (Å²) in [5, 5.41) is 2.98. The molecule has 27 heavy (non-hydrogen) atoms. The summed E-state index contributed by atoms with van der Waals surface area (Å²) < 4.78 is 0. The number of nitrogens with zero attached hydrogens (tertiary/aromatic N) is 5. The van der Waals surface area contributed by atoms with Crippen LogP contribution in [0, 0.1) is 13.8 Å². The van der Waals surface area contributed by atoms with Gasteiger partial charge in [-0.2, -0.15) is 0 Å². The Kier molecular flexibility index (Phi) is 4.58. The van der Waals surface area contributed by atoms with Gasteiger partial charge in [-0.05, 0) is 44.2 Å². The first-order valence-electron chi connectivity index (χ1n) is 9.06. The molecule has 0 radical (unpaired) electrons. The number of piperazine rings is 1. The molecule has 0 unspecified atom stereocenters. The Hall–Kier alpha value is -3.22. The highest BCUT2D eigenvalue weighted by Gasteiger charge is 2.21. The maximum atomic E-state index is 12.6. The SMILES string of the molecule is Cc1nc2ccc(NC(=O)N3CCN(c4cccnc4)CC3)cc2nc1C. The van der Waals surface area contributed by atoms with Crippen molar-refractivity contribution >= 4 is 28.4 Å². The minimum atomic E-state index is -0.0861. The van der Waals surface area contributed by atoms with Crippen molar-refractivity contribution in [3.8, 4) is 0 Å². The number of benzene rings is 1. The number of carbonyl (C=O) groups excluding carboxylic acids is 1. The van der Waals surface area contributed by atoms with Crippen LogP contribution in [-0.4, -0.2) is 52.1 Å². The van der Waals surface area contributed by atoms with Crippen LogP contribution in [-0.2, 0) is 0 Å². The van der Waals surface area contributed by atoms with Gasteiger partial charge >= 0.3 is 6.03 Å². The third kappa shape index (κ3) is 3.67. The molecule has 1 aromatic carbocycles. The highest BCUT2D eigenvalue weighted by atomic mass is 16.2. The first-order chi connectivity index (χ1) is 13.1. The van der Waals surface area contributed by atoms with Gasteiger partial charge in [0.2, 0.25) is 0 Å². The van der Waals surface area contributed by atoms with Crippen LogP contribution >= 0.6 is 0 Å². The second kappa shape index (κ2) is 7.19. The molecule has 2 amide bonds. The van der Waals surface area contributed by atoms with Crippen molar-refractivity contribution < 1.29 is 4.79 Å². The molecule has 1 N–H and O–H groups in total. The van der Waals surface area contributed by atoms with Crippen molar-refractivity contribution in [2.45, 2.75) is 13.8 Å². The Labute approximate surface area is 158 Å². The number of carbonyl (C=O) groups is 1. The van der Waals surface area contributed by atoms with Gasteiger partial charge in [0.25, 0.3) is 0 Å². The first-order valence-corrected chi connectivity index (χ1v) is 9.06.